The van der Waals surface area contributed by atoms with Crippen molar-refractivity contribution >= 4 is 46.8 Å². The number of halogens is 3. The molecule has 1 atom stereocenters. The van der Waals surface area contributed by atoms with Crippen molar-refractivity contribution in [2.45, 2.75) is 10.0 Å². The lowest BCUT2D eigenvalue weighted by Crippen LogP contribution is -2.47. The van der Waals surface area contributed by atoms with Gasteiger partial charge in [-0.15, -0.1) is 0 Å². The predicted molar refractivity (Wildman–Crippen MR) is 101 cm³/mol. The van der Waals surface area contributed by atoms with Crippen LogP contribution in [0.1, 0.15) is 5.56 Å². The van der Waals surface area contributed by atoms with Gasteiger partial charge in [0.25, 0.3) is 0 Å². The van der Waals surface area contributed by atoms with Gasteiger partial charge in [0, 0.05) is 6.08 Å². The van der Waals surface area contributed by atoms with Crippen LogP contribution in [0.5, 0.6) is 11.5 Å². The number of benzene rings is 2. The first-order chi connectivity index (χ1) is 11.9. The lowest BCUT2D eigenvalue weighted by molar-refractivity contribution is -0.118. The Bertz CT molecular complexity index is 713. The summed E-state index contributed by atoms with van der Waals surface area (Å²) in [6.45, 7) is 0. The summed E-state index contributed by atoms with van der Waals surface area (Å²) in [5, 5.41) is 2.53. The van der Waals surface area contributed by atoms with Crippen LogP contribution in [-0.2, 0) is 4.79 Å². The van der Waals surface area contributed by atoms with E-state index in [4.69, 9.17) is 44.3 Å². The maximum Gasteiger partial charge on any atom is 0.246 e. The normalized spacial score (nSPS) is 12.6. The topological polar surface area (TPSA) is 47.6 Å². The van der Waals surface area contributed by atoms with E-state index in [1.807, 2.05) is 30.3 Å². The monoisotopic (exact) mass is 399 g/mol. The van der Waals surface area contributed by atoms with Crippen molar-refractivity contribution in [3.05, 3.63) is 66.2 Å². The molecule has 1 unspecified atom stereocenters. The van der Waals surface area contributed by atoms with E-state index in [-0.39, 0.29) is 0 Å². The van der Waals surface area contributed by atoms with Gasteiger partial charge in [0.2, 0.25) is 15.9 Å². The number of nitrogens with one attached hydrogen (secondary N) is 1. The van der Waals surface area contributed by atoms with E-state index in [9.17, 15) is 4.79 Å². The summed E-state index contributed by atoms with van der Waals surface area (Å²) in [5.41, 5.74) is 0.874. The molecule has 132 valence electrons. The zero-order valence-corrected chi connectivity index (χ0v) is 15.6. The van der Waals surface area contributed by atoms with Crippen molar-refractivity contribution in [2.75, 3.05) is 7.11 Å². The standard InChI is InChI=1S/C18H16Cl3NO3/c1-24-14-8-10-15(11-9-14)25-17(18(19,20)21)22-16(23)12-7-13-5-3-2-4-6-13/h2-12,17H,1H3,(H,22,23). The van der Waals surface area contributed by atoms with Gasteiger partial charge in [-0.1, -0.05) is 65.1 Å². The summed E-state index contributed by atoms with van der Waals surface area (Å²) in [4.78, 5) is 12.1. The van der Waals surface area contributed by atoms with Gasteiger partial charge in [-0.2, -0.15) is 0 Å². The van der Waals surface area contributed by atoms with Crippen LogP contribution in [0.4, 0.5) is 0 Å². The molecule has 7 heteroatoms. The molecular formula is C18H16Cl3NO3. The number of carbonyl (C=O) groups is 1. The maximum atomic E-state index is 12.1. The molecule has 0 aliphatic rings. The molecule has 25 heavy (non-hydrogen) atoms. The van der Waals surface area contributed by atoms with Crippen LogP contribution < -0.4 is 14.8 Å². The Balaban J connectivity index is 2.04. The first kappa shape index (κ1) is 19.4. The summed E-state index contributed by atoms with van der Waals surface area (Å²) >= 11 is 17.7. The summed E-state index contributed by atoms with van der Waals surface area (Å²) < 4.78 is 8.80. The molecular weight excluding hydrogens is 385 g/mol. The Morgan fingerprint density at radius 2 is 1.64 bits per heavy atom. The van der Waals surface area contributed by atoms with Crippen LogP contribution in [0.2, 0.25) is 0 Å². The highest BCUT2D eigenvalue weighted by Gasteiger charge is 2.35. The molecule has 0 bridgehead atoms. The van der Waals surface area contributed by atoms with Crippen LogP contribution in [0.15, 0.2) is 60.7 Å². The fourth-order valence-corrected chi connectivity index (χ4v) is 2.18. The predicted octanol–water partition coefficient (Wildman–Crippen LogP) is 4.60. The molecule has 0 fully saturated rings. The highest BCUT2D eigenvalue weighted by molar-refractivity contribution is 6.68. The van der Waals surface area contributed by atoms with Gasteiger partial charge in [0.15, 0.2) is 0 Å². The molecule has 2 aromatic rings. The maximum absolute atomic E-state index is 12.1. The fourth-order valence-electron chi connectivity index (χ4n) is 1.88. The first-order valence-electron chi connectivity index (χ1n) is 7.29. The second kappa shape index (κ2) is 8.99. The van der Waals surface area contributed by atoms with Crippen molar-refractivity contribution in [1.29, 1.82) is 0 Å². The number of amides is 1. The molecule has 0 spiro atoms. The van der Waals surface area contributed by atoms with Gasteiger partial charge in [-0.05, 0) is 35.9 Å². The molecule has 0 aromatic heterocycles. The number of rotatable bonds is 6. The Hall–Kier alpha value is -1.88. The third-order valence-electron chi connectivity index (χ3n) is 3.11. The van der Waals surface area contributed by atoms with Gasteiger partial charge in [0.05, 0.1) is 7.11 Å². The van der Waals surface area contributed by atoms with E-state index in [2.05, 4.69) is 5.32 Å². The van der Waals surface area contributed by atoms with Gasteiger partial charge in [-0.3, -0.25) is 4.79 Å². The summed E-state index contributed by atoms with van der Waals surface area (Å²) in [6, 6.07) is 16.0. The van der Waals surface area contributed by atoms with Gasteiger partial charge < -0.3 is 14.8 Å². The molecule has 0 radical (unpaired) electrons. The minimum Gasteiger partial charge on any atom is -0.497 e. The van der Waals surface area contributed by atoms with E-state index in [0.29, 0.717) is 11.5 Å². The second-order valence-electron chi connectivity index (χ2n) is 4.97. The minimum atomic E-state index is -1.85. The van der Waals surface area contributed by atoms with E-state index in [0.717, 1.165) is 5.56 Å². The van der Waals surface area contributed by atoms with Crippen molar-refractivity contribution in [3.63, 3.8) is 0 Å². The third kappa shape index (κ3) is 6.50. The number of carbonyl (C=O) groups excluding carboxylic acids is 1. The zero-order valence-electron chi connectivity index (χ0n) is 13.3. The molecule has 0 aliphatic carbocycles. The number of hydrogen-bond acceptors (Lipinski definition) is 3. The zero-order chi connectivity index (χ0) is 18.3. The van der Waals surface area contributed by atoms with Crippen molar-refractivity contribution in [3.8, 4) is 11.5 Å². The molecule has 0 aliphatic heterocycles. The van der Waals surface area contributed by atoms with E-state index >= 15 is 0 Å². The van der Waals surface area contributed by atoms with Crippen LogP contribution >= 0.6 is 34.8 Å². The van der Waals surface area contributed by atoms with E-state index in [1.165, 1.54) is 6.08 Å². The highest BCUT2D eigenvalue weighted by Crippen LogP contribution is 2.32. The Labute approximate surface area is 161 Å². The number of methoxy groups -OCH3 is 1. The number of ether oxygens (including phenoxy) is 2. The van der Waals surface area contributed by atoms with Crippen LogP contribution in [0.25, 0.3) is 6.08 Å². The largest absolute Gasteiger partial charge is 0.497 e. The molecule has 1 amide bonds. The van der Waals surface area contributed by atoms with Crippen LogP contribution in [-0.4, -0.2) is 23.0 Å². The molecule has 1 N–H and O–H groups in total. The van der Waals surface area contributed by atoms with Gasteiger partial charge >= 0.3 is 0 Å². The SMILES string of the molecule is COc1ccc(OC(NC(=O)C=Cc2ccccc2)C(Cl)(Cl)Cl)cc1. The Morgan fingerprint density at radius 1 is 1.04 bits per heavy atom. The third-order valence-corrected chi connectivity index (χ3v) is 3.71. The molecule has 0 saturated heterocycles. The van der Waals surface area contributed by atoms with Gasteiger partial charge in [0.1, 0.15) is 11.5 Å². The molecule has 0 heterocycles. The fraction of sp³-hybridized carbons (Fsp3) is 0.167. The summed E-state index contributed by atoms with van der Waals surface area (Å²) in [7, 11) is 1.55. The van der Waals surface area contributed by atoms with Crippen molar-refractivity contribution in [1.82, 2.24) is 5.32 Å². The van der Waals surface area contributed by atoms with Crippen LogP contribution in [0, 0.1) is 0 Å². The van der Waals surface area contributed by atoms with E-state index in [1.54, 1.807) is 37.5 Å². The number of hydrogen-bond donors (Lipinski definition) is 1. The molecule has 2 rings (SSSR count). The Kier molecular flexibility index (Phi) is 7.00. The number of alkyl halides is 3. The molecule has 2 aromatic carbocycles. The van der Waals surface area contributed by atoms with Crippen molar-refractivity contribution in [2.24, 2.45) is 0 Å². The average molecular weight is 401 g/mol. The lowest BCUT2D eigenvalue weighted by atomic mass is 10.2. The van der Waals surface area contributed by atoms with Crippen molar-refractivity contribution < 1.29 is 14.3 Å². The summed E-state index contributed by atoms with van der Waals surface area (Å²) in [5.74, 6) is 0.630. The highest BCUT2D eigenvalue weighted by atomic mass is 35.6. The summed E-state index contributed by atoms with van der Waals surface area (Å²) in [6.07, 6.45) is 1.83. The van der Waals surface area contributed by atoms with Gasteiger partial charge in [-0.25, -0.2) is 0 Å². The Morgan fingerprint density at radius 3 is 2.20 bits per heavy atom. The van der Waals surface area contributed by atoms with Crippen LogP contribution in [0.3, 0.4) is 0 Å². The molecule has 4 nitrogen and oxygen atoms in total. The van der Waals surface area contributed by atoms with E-state index < -0.39 is 15.9 Å². The second-order valence-corrected chi connectivity index (χ2v) is 7.34. The first-order valence-corrected chi connectivity index (χ1v) is 8.43. The average Bonchev–Trinajstić information content (AvgIpc) is 2.60. The smallest absolute Gasteiger partial charge is 0.246 e. The molecule has 0 saturated carbocycles. The quantitative estimate of drug-likeness (QED) is 0.438. The lowest BCUT2D eigenvalue weighted by Gasteiger charge is -2.25. The minimum absolute atomic E-state index is 0.421.